The molecule has 0 aromatic heterocycles. The van der Waals surface area contributed by atoms with Crippen molar-refractivity contribution in [2.75, 3.05) is 0 Å². The van der Waals surface area contributed by atoms with Gasteiger partial charge in [0.25, 0.3) is 0 Å². The lowest BCUT2D eigenvalue weighted by atomic mass is 10.1. The fraction of sp³-hybridized carbons (Fsp3) is 1.00. The fourth-order valence-corrected chi connectivity index (χ4v) is 2.91. The van der Waals surface area contributed by atoms with E-state index in [-0.39, 0.29) is 5.41 Å². The van der Waals surface area contributed by atoms with Gasteiger partial charge in [0, 0.05) is 11.8 Å². The first-order chi connectivity index (χ1) is 4.16. The third-order valence-electron chi connectivity index (χ3n) is 2.77. The minimum Gasteiger partial charge on any atom is -0.231 e. The third-order valence-corrected chi connectivity index (χ3v) is 3.89. The molecule has 52 valence electrons. The molecule has 0 bridgehead atoms. The van der Waals surface area contributed by atoms with Crippen molar-refractivity contribution in [1.29, 1.82) is 0 Å². The summed E-state index contributed by atoms with van der Waals surface area (Å²) >= 11 is 3.10. The lowest BCUT2D eigenvalue weighted by Gasteiger charge is -2.05. The Labute approximate surface area is 63.0 Å². The van der Waals surface area contributed by atoms with E-state index in [1.54, 1.807) is 0 Å². The monoisotopic (exact) mass is 192 g/mol. The number of rotatable bonds is 0. The van der Waals surface area contributed by atoms with E-state index in [1.807, 2.05) is 0 Å². The molecule has 2 saturated carbocycles. The molecule has 0 N–H and O–H groups in total. The summed E-state index contributed by atoms with van der Waals surface area (Å²) in [5.74, 6) is 0. The Hall–Kier alpha value is 0.410. The molecule has 0 amide bonds. The summed E-state index contributed by atoms with van der Waals surface area (Å²) in [6.45, 7) is 0. The van der Waals surface area contributed by atoms with Crippen LogP contribution < -0.4 is 0 Å². The largest absolute Gasteiger partial charge is 0.231 e. The fourth-order valence-electron chi connectivity index (χ4n) is 1.98. The van der Waals surface area contributed by atoms with E-state index in [4.69, 9.17) is 0 Å². The molecule has 2 fully saturated rings. The molecule has 0 aromatic rings. The quantitative estimate of drug-likeness (QED) is 0.518. The second-order valence-corrected chi connectivity index (χ2v) is 4.63. The summed E-state index contributed by atoms with van der Waals surface area (Å²) < 4.78 is 12.1. The van der Waals surface area contributed by atoms with E-state index >= 15 is 0 Å². The molecule has 2 aliphatic carbocycles. The maximum Gasteiger partial charge on any atom is 0.171 e. The van der Waals surface area contributed by atoms with Crippen molar-refractivity contribution in [2.24, 2.45) is 5.41 Å². The van der Waals surface area contributed by atoms with E-state index in [1.165, 1.54) is 12.8 Å². The SMILES string of the molecule is FC1(Br)CC12CCCC2. The molecule has 1 atom stereocenters. The van der Waals surface area contributed by atoms with Gasteiger partial charge in [-0.15, -0.1) is 0 Å². The molecule has 0 radical (unpaired) electrons. The Kier molecular flexibility index (Phi) is 1.04. The third kappa shape index (κ3) is 0.688. The van der Waals surface area contributed by atoms with E-state index in [2.05, 4.69) is 15.9 Å². The van der Waals surface area contributed by atoms with Gasteiger partial charge in [0.2, 0.25) is 0 Å². The van der Waals surface area contributed by atoms with Gasteiger partial charge in [-0.2, -0.15) is 0 Å². The van der Waals surface area contributed by atoms with Crippen molar-refractivity contribution in [3.05, 3.63) is 0 Å². The molecule has 0 nitrogen and oxygen atoms in total. The minimum atomic E-state index is -0.962. The van der Waals surface area contributed by atoms with Crippen LogP contribution in [0.2, 0.25) is 0 Å². The van der Waals surface area contributed by atoms with Crippen LogP contribution in [0.15, 0.2) is 0 Å². The van der Waals surface area contributed by atoms with Crippen LogP contribution in [-0.4, -0.2) is 4.58 Å². The van der Waals surface area contributed by atoms with E-state index in [0.29, 0.717) is 0 Å². The summed E-state index contributed by atoms with van der Waals surface area (Å²) in [4.78, 5) is 0. The molecule has 2 aliphatic rings. The molecule has 1 unspecified atom stereocenters. The Balaban J connectivity index is 2.13. The Morgan fingerprint density at radius 1 is 1.22 bits per heavy atom. The highest BCUT2D eigenvalue weighted by Gasteiger charge is 2.67. The first-order valence-electron chi connectivity index (χ1n) is 3.54. The van der Waals surface area contributed by atoms with Gasteiger partial charge in [0.05, 0.1) is 0 Å². The summed E-state index contributed by atoms with van der Waals surface area (Å²) in [7, 11) is 0. The van der Waals surface area contributed by atoms with E-state index in [0.717, 1.165) is 19.3 Å². The maximum atomic E-state index is 13.1. The molecule has 1 spiro atoms. The predicted molar refractivity (Wildman–Crippen MR) is 38.3 cm³/mol. The summed E-state index contributed by atoms with van der Waals surface area (Å²) in [6, 6.07) is 0. The van der Waals surface area contributed by atoms with Crippen molar-refractivity contribution >= 4 is 15.9 Å². The first-order valence-corrected chi connectivity index (χ1v) is 4.34. The van der Waals surface area contributed by atoms with Gasteiger partial charge in [-0.05, 0) is 28.8 Å². The van der Waals surface area contributed by atoms with Crippen LogP contribution in [0.5, 0.6) is 0 Å². The zero-order chi connectivity index (χ0) is 6.54. The first kappa shape index (κ1) is 6.14. The summed E-state index contributed by atoms with van der Waals surface area (Å²) in [5.41, 5.74) is 0.0903. The number of hydrogen-bond donors (Lipinski definition) is 0. The van der Waals surface area contributed by atoms with Crippen molar-refractivity contribution in [3.63, 3.8) is 0 Å². The highest BCUT2D eigenvalue weighted by Crippen LogP contribution is 2.70. The van der Waals surface area contributed by atoms with Gasteiger partial charge >= 0.3 is 0 Å². The maximum absolute atomic E-state index is 13.1. The van der Waals surface area contributed by atoms with Crippen LogP contribution in [0.4, 0.5) is 4.39 Å². The highest BCUT2D eigenvalue weighted by atomic mass is 79.9. The van der Waals surface area contributed by atoms with E-state index < -0.39 is 4.58 Å². The van der Waals surface area contributed by atoms with Crippen LogP contribution in [0.25, 0.3) is 0 Å². The molecule has 9 heavy (non-hydrogen) atoms. The van der Waals surface area contributed by atoms with Gasteiger partial charge in [0.15, 0.2) is 4.58 Å². The van der Waals surface area contributed by atoms with Gasteiger partial charge < -0.3 is 0 Å². The molecular formula is C7H10BrF. The number of hydrogen-bond acceptors (Lipinski definition) is 0. The van der Waals surface area contributed by atoms with Crippen LogP contribution in [0.3, 0.4) is 0 Å². The molecule has 2 heteroatoms. The van der Waals surface area contributed by atoms with Gasteiger partial charge in [-0.3, -0.25) is 0 Å². The summed E-state index contributed by atoms with van der Waals surface area (Å²) in [5, 5.41) is 0. The van der Waals surface area contributed by atoms with Crippen LogP contribution in [0, 0.1) is 5.41 Å². The Morgan fingerprint density at radius 2 is 1.67 bits per heavy atom. The van der Waals surface area contributed by atoms with Gasteiger partial charge in [0.1, 0.15) is 0 Å². The Bertz CT molecular complexity index is 130. The molecular weight excluding hydrogens is 183 g/mol. The number of halogens is 2. The predicted octanol–water partition coefficient (Wildman–Crippen LogP) is 3.01. The molecule has 0 saturated heterocycles. The van der Waals surface area contributed by atoms with Crippen molar-refractivity contribution < 1.29 is 4.39 Å². The molecule has 0 heterocycles. The van der Waals surface area contributed by atoms with Crippen LogP contribution in [0.1, 0.15) is 32.1 Å². The van der Waals surface area contributed by atoms with Gasteiger partial charge in [-0.1, -0.05) is 12.8 Å². The molecule has 0 aromatic carbocycles. The highest BCUT2D eigenvalue weighted by molar-refractivity contribution is 9.10. The zero-order valence-electron chi connectivity index (χ0n) is 5.29. The van der Waals surface area contributed by atoms with E-state index in [9.17, 15) is 4.39 Å². The lowest BCUT2D eigenvalue weighted by molar-refractivity contribution is 0.337. The van der Waals surface area contributed by atoms with Crippen molar-refractivity contribution in [3.8, 4) is 0 Å². The average molecular weight is 193 g/mol. The van der Waals surface area contributed by atoms with Crippen molar-refractivity contribution in [2.45, 2.75) is 36.7 Å². The van der Waals surface area contributed by atoms with Crippen molar-refractivity contribution in [1.82, 2.24) is 0 Å². The number of alkyl halides is 2. The average Bonchev–Trinajstić information content (AvgIpc) is 2.27. The normalized spacial score (nSPS) is 46.0. The lowest BCUT2D eigenvalue weighted by Crippen LogP contribution is -2.02. The minimum absolute atomic E-state index is 0.0903. The van der Waals surface area contributed by atoms with Crippen LogP contribution in [-0.2, 0) is 0 Å². The molecule has 2 rings (SSSR count). The zero-order valence-corrected chi connectivity index (χ0v) is 6.88. The summed E-state index contributed by atoms with van der Waals surface area (Å²) in [6.07, 6.45) is 5.44. The smallest absolute Gasteiger partial charge is 0.171 e. The Morgan fingerprint density at radius 3 is 1.89 bits per heavy atom. The standard InChI is InChI=1S/C7H10BrF/c8-7(9)5-6(7)3-1-2-4-6/h1-5H2. The van der Waals surface area contributed by atoms with Crippen LogP contribution >= 0.6 is 15.9 Å². The molecule has 0 aliphatic heterocycles. The van der Waals surface area contributed by atoms with Gasteiger partial charge in [-0.25, -0.2) is 4.39 Å². The second kappa shape index (κ2) is 1.52. The topological polar surface area (TPSA) is 0 Å². The second-order valence-electron chi connectivity index (χ2n) is 3.37.